The zero-order valence-corrected chi connectivity index (χ0v) is 21.2. The molecule has 1 saturated carbocycles. The minimum Gasteiger partial charge on any atom is -0.507 e. The normalized spacial score (nSPS) is 26.2. The predicted octanol–water partition coefficient (Wildman–Crippen LogP) is 4.67. The number of nitrogens with zero attached hydrogens (tertiary/aromatic N) is 1. The Morgan fingerprint density at radius 1 is 1.08 bits per heavy atom. The summed E-state index contributed by atoms with van der Waals surface area (Å²) in [7, 11) is 2.20. The third kappa shape index (κ3) is 3.78. The van der Waals surface area contributed by atoms with Gasteiger partial charge >= 0.3 is 5.97 Å². The second-order valence-corrected chi connectivity index (χ2v) is 10.8. The van der Waals surface area contributed by atoms with Gasteiger partial charge in [-0.1, -0.05) is 12.1 Å². The van der Waals surface area contributed by atoms with E-state index >= 15 is 0 Å². The summed E-state index contributed by atoms with van der Waals surface area (Å²) in [6, 6.07) is 10.9. The molecule has 4 aliphatic rings. The number of carbonyl (C=O) groups is 2. The number of ether oxygens (including phenoxy) is 1. The second kappa shape index (κ2) is 9.05. The average molecular weight is 536 g/mol. The van der Waals surface area contributed by atoms with E-state index in [0.717, 1.165) is 49.6 Å². The lowest BCUT2D eigenvalue weighted by molar-refractivity contribution is -0.138. The molecule has 4 atom stereocenters. The number of phenolic OH excluding ortho intramolecular Hbond substituents is 1. The summed E-state index contributed by atoms with van der Waals surface area (Å²) in [4.78, 5) is 25.8. The van der Waals surface area contributed by atoms with Crippen molar-refractivity contribution in [2.45, 2.75) is 43.2 Å². The van der Waals surface area contributed by atoms with Crippen molar-refractivity contribution in [2.75, 3.05) is 13.6 Å². The summed E-state index contributed by atoms with van der Waals surface area (Å²) in [5.74, 6) is -1.74. The Kier molecular flexibility index (Phi) is 5.87. The van der Waals surface area contributed by atoms with Gasteiger partial charge in [0, 0.05) is 35.1 Å². The van der Waals surface area contributed by atoms with E-state index in [-0.39, 0.29) is 39.7 Å². The summed E-state index contributed by atoms with van der Waals surface area (Å²) in [5, 5.41) is 28.4. The molecule has 0 aromatic heterocycles. The molecule has 39 heavy (non-hydrogen) atoms. The zero-order chi connectivity index (χ0) is 27.6. The fourth-order valence-electron chi connectivity index (χ4n) is 7.12. The van der Waals surface area contributed by atoms with Gasteiger partial charge in [-0.05, 0) is 80.2 Å². The molecule has 9 heteroatoms. The second-order valence-electron chi connectivity index (χ2n) is 10.8. The number of halogens is 2. The first-order valence-electron chi connectivity index (χ1n) is 12.9. The number of rotatable bonds is 2. The molecule has 2 heterocycles. The van der Waals surface area contributed by atoms with Crippen molar-refractivity contribution in [1.29, 1.82) is 0 Å². The van der Waals surface area contributed by atoms with Gasteiger partial charge in [-0.15, -0.1) is 0 Å². The third-order valence-corrected chi connectivity index (χ3v) is 8.86. The molecule has 0 amide bonds. The van der Waals surface area contributed by atoms with Crippen LogP contribution in [0.1, 0.15) is 40.7 Å². The van der Waals surface area contributed by atoms with Gasteiger partial charge in [-0.25, -0.2) is 13.6 Å². The molecule has 1 spiro atoms. The first-order chi connectivity index (χ1) is 18.6. The number of Topliss-reactive ketones (excluding diaryl/α,β-unsaturated/α-hetero) is 1. The molecule has 3 aromatic carbocycles. The first-order valence-corrected chi connectivity index (χ1v) is 12.9. The Hall–Kier alpha value is -3.98. The summed E-state index contributed by atoms with van der Waals surface area (Å²) in [6.07, 6.45) is 3.18. The number of benzene rings is 3. The van der Waals surface area contributed by atoms with Crippen LogP contribution in [0.5, 0.6) is 17.2 Å². The largest absolute Gasteiger partial charge is 0.507 e. The lowest BCUT2D eigenvalue weighted by Crippen LogP contribution is -2.65. The monoisotopic (exact) mass is 535 g/mol. The van der Waals surface area contributed by atoms with Crippen molar-refractivity contribution in [3.05, 3.63) is 76.9 Å². The molecule has 2 aliphatic carbocycles. The van der Waals surface area contributed by atoms with Crippen LogP contribution in [0, 0.1) is 17.6 Å². The van der Waals surface area contributed by atoms with Gasteiger partial charge in [0.15, 0.2) is 23.4 Å². The third-order valence-electron chi connectivity index (χ3n) is 8.86. The van der Waals surface area contributed by atoms with Crippen LogP contribution in [0.2, 0.25) is 0 Å². The maximum atomic E-state index is 13.5. The summed E-state index contributed by atoms with van der Waals surface area (Å²) < 4.78 is 32.3. The van der Waals surface area contributed by atoms with Crippen LogP contribution in [0.25, 0.3) is 11.1 Å². The van der Waals surface area contributed by atoms with Crippen molar-refractivity contribution in [2.24, 2.45) is 5.92 Å². The minimum absolute atomic E-state index is 0.0684. The number of carboxylic acids is 1. The van der Waals surface area contributed by atoms with Crippen molar-refractivity contribution in [3.8, 4) is 28.4 Å². The van der Waals surface area contributed by atoms with Crippen molar-refractivity contribution < 1.29 is 38.4 Å². The highest BCUT2D eigenvalue weighted by Gasteiger charge is 2.65. The van der Waals surface area contributed by atoms with E-state index in [9.17, 15) is 28.6 Å². The van der Waals surface area contributed by atoms with Crippen LogP contribution < -0.4 is 4.74 Å². The van der Waals surface area contributed by atoms with Crippen LogP contribution in [0.15, 0.2) is 48.5 Å². The summed E-state index contributed by atoms with van der Waals surface area (Å²) in [6.45, 7) is 1.00. The predicted molar refractivity (Wildman–Crippen MR) is 137 cm³/mol. The molecule has 3 N–H and O–H groups in total. The molecule has 3 aromatic rings. The Bertz CT molecular complexity index is 1520. The van der Waals surface area contributed by atoms with E-state index in [1.54, 1.807) is 6.07 Å². The summed E-state index contributed by atoms with van der Waals surface area (Å²) in [5.41, 5.74) is 2.24. The van der Waals surface area contributed by atoms with Gasteiger partial charge in [-0.2, -0.15) is 0 Å². The van der Waals surface area contributed by atoms with Crippen molar-refractivity contribution in [3.63, 3.8) is 0 Å². The lowest BCUT2D eigenvalue weighted by atomic mass is 9.52. The Morgan fingerprint density at radius 3 is 2.59 bits per heavy atom. The fraction of sp³-hybridized carbons (Fsp3) is 0.333. The Morgan fingerprint density at radius 2 is 1.85 bits per heavy atom. The van der Waals surface area contributed by atoms with Crippen LogP contribution in [0.4, 0.5) is 8.78 Å². The van der Waals surface area contributed by atoms with Crippen LogP contribution in [-0.2, 0) is 16.6 Å². The van der Waals surface area contributed by atoms with E-state index in [2.05, 4.69) is 11.9 Å². The lowest BCUT2D eigenvalue weighted by Gasteiger charge is -2.57. The van der Waals surface area contributed by atoms with Gasteiger partial charge in [-0.3, -0.25) is 4.79 Å². The standard InChI is InChI=1S/C17H19NO3.C13H8F2O3/c1-18-7-6-17-10-3-5-13(20)16(17)21-15-12(19)4-2-9(14(15)17)8-11(10)18;14-8-2-3-9(11(15)6-8)7-1-4-12(16)10(5-7)13(17)18/h2,4,10-11,16,19H,3,5-8H2,1H3;1-6,16H,(H,17,18)/t10-,11+,16-,17-;/m0./s1. The molecule has 202 valence electrons. The number of hydrogen-bond acceptors (Lipinski definition) is 6. The van der Waals surface area contributed by atoms with E-state index in [1.165, 1.54) is 17.7 Å². The number of carbonyl (C=O) groups excluding carboxylic acids is 1. The number of phenols is 2. The van der Waals surface area contributed by atoms with Gasteiger partial charge in [0.1, 0.15) is 22.9 Å². The van der Waals surface area contributed by atoms with E-state index < -0.39 is 23.4 Å². The summed E-state index contributed by atoms with van der Waals surface area (Å²) >= 11 is 0. The molecule has 0 radical (unpaired) electrons. The number of likely N-dealkylation sites (tertiary alicyclic amines) is 1. The minimum atomic E-state index is -1.32. The average Bonchev–Trinajstić information content (AvgIpc) is 3.26. The number of carboxylic acid groups (broad SMARTS) is 1. The smallest absolute Gasteiger partial charge is 0.339 e. The number of ketones is 1. The first kappa shape index (κ1) is 25.3. The van der Waals surface area contributed by atoms with E-state index in [4.69, 9.17) is 9.84 Å². The molecule has 7 nitrogen and oxygen atoms in total. The quantitative estimate of drug-likeness (QED) is 0.438. The van der Waals surface area contributed by atoms with Crippen LogP contribution in [0.3, 0.4) is 0 Å². The molecule has 1 saturated heterocycles. The molecule has 2 bridgehead atoms. The van der Waals surface area contributed by atoms with Gasteiger partial charge in [0.25, 0.3) is 0 Å². The van der Waals surface area contributed by atoms with Crippen molar-refractivity contribution in [1.82, 2.24) is 4.90 Å². The number of likely N-dealkylation sites (N-methyl/N-ethyl adjacent to an activating group) is 1. The topological polar surface area (TPSA) is 107 Å². The maximum absolute atomic E-state index is 13.5. The Labute approximate surface area is 223 Å². The highest BCUT2D eigenvalue weighted by atomic mass is 19.1. The van der Waals surface area contributed by atoms with Gasteiger partial charge < -0.3 is 25.0 Å². The van der Waals surface area contributed by atoms with Gasteiger partial charge in [0.2, 0.25) is 0 Å². The molecule has 2 fully saturated rings. The molecule has 0 unspecified atom stereocenters. The number of aromatic hydroxyl groups is 2. The highest BCUT2D eigenvalue weighted by molar-refractivity contribution is 5.92. The molecular formula is C30H27F2NO6. The number of aromatic carboxylic acids is 1. The van der Waals surface area contributed by atoms with Crippen LogP contribution in [-0.4, -0.2) is 57.7 Å². The fourth-order valence-corrected chi connectivity index (χ4v) is 7.12. The zero-order valence-electron chi connectivity index (χ0n) is 21.2. The molecular weight excluding hydrogens is 508 g/mol. The van der Waals surface area contributed by atoms with E-state index in [1.807, 2.05) is 6.07 Å². The number of hydrogen-bond donors (Lipinski definition) is 3. The molecule has 7 rings (SSSR count). The van der Waals surface area contributed by atoms with E-state index in [0.29, 0.717) is 30.2 Å². The van der Waals surface area contributed by atoms with Crippen LogP contribution >= 0.6 is 0 Å². The maximum Gasteiger partial charge on any atom is 0.339 e. The number of piperidine rings is 1. The SMILES string of the molecule is CN1CC[C@]23c4c5ccc(O)c4O[C@H]2C(=O)CC[C@H]3[C@H]1C5.O=C(O)c1cc(-c2ccc(F)cc2F)ccc1O. The van der Waals surface area contributed by atoms with Gasteiger partial charge in [0.05, 0.1) is 0 Å². The Balaban J connectivity index is 0.000000144. The highest BCUT2D eigenvalue weighted by Crippen LogP contribution is 2.62. The van der Waals surface area contributed by atoms with Crippen molar-refractivity contribution >= 4 is 11.8 Å². The molecule has 2 aliphatic heterocycles.